The summed E-state index contributed by atoms with van der Waals surface area (Å²) in [7, 11) is 1.48. The van der Waals surface area contributed by atoms with Gasteiger partial charge in [0.05, 0.1) is 19.3 Å². The Morgan fingerprint density at radius 1 is 1.28 bits per heavy atom. The maximum Gasteiger partial charge on any atom is 0.326 e. The number of nitrogens with zero attached hydrogens (tertiary/aromatic N) is 1. The van der Waals surface area contributed by atoms with Gasteiger partial charge in [0.2, 0.25) is 0 Å². The SMILES string of the molecule is COC(=O)C1(N2CCNCC2)CC(C)OC(C)C1. The minimum Gasteiger partial charge on any atom is -0.468 e. The number of piperazine rings is 1. The number of nitrogens with one attached hydrogen (secondary N) is 1. The van der Waals surface area contributed by atoms with Crippen molar-refractivity contribution >= 4 is 5.97 Å². The molecule has 0 bridgehead atoms. The predicted molar refractivity (Wildman–Crippen MR) is 68.4 cm³/mol. The van der Waals surface area contributed by atoms with Crippen LogP contribution in [-0.2, 0) is 14.3 Å². The van der Waals surface area contributed by atoms with Gasteiger partial charge in [0.1, 0.15) is 5.54 Å². The van der Waals surface area contributed by atoms with Gasteiger partial charge in [-0.3, -0.25) is 9.69 Å². The quantitative estimate of drug-likeness (QED) is 0.724. The van der Waals surface area contributed by atoms with Crippen molar-refractivity contribution in [2.75, 3.05) is 33.3 Å². The van der Waals surface area contributed by atoms with Gasteiger partial charge in [-0.25, -0.2) is 0 Å². The number of carbonyl (C=O) groups excluding carboxylic acids is 1. The molecule has 2 saturated heterocycles. The molecule has 5 nitrogen and oxygen atoms in total. The molecule has 2 aliphatic rings. The van der Waals surface area contributed by atoms with E-state index in [0.717, 1.165) is 39.0 Å². The summed E-state index contributed by atoms with van der Waals surface area (Å²) in [6.45, 7) is 7.74. The molecule has 2 rings (SSSR count). The Hall–Kier alpha value is -0.650. The maximum atomic E-state index is 12.3. The van der Waals surface area contributed by atoms with Crippen molar-refractivity contribution in [3.63, 3.8) is 0 Å². The van der Waals surface area contributed by atoms with Crippen LogP contribution in [0.25, 0.3) is 0 Å². The summed E-state index contributed by atoms with van der Waals surface area (Å²) in [4.78, 5) is 14.6. The number of methoxy groups -OCH3 is 1. The van der Waals surface area contributed by atoms with Crippen LogP contribution in [0.1, 0.15) is 26.7 Å². The molecule has 0 aromatic rings. The summed E-state index contributed by atoms with van der Waals surface area (Å²) in [6.07, 6.45) is 1.65. The van der Waals surface area contributed by atoms with Crippen molar-refractivity contribution in [1.82, 2.24) is 10.2 Å². The second kappa shape index (κ2) is 5.55. The van der Waals surface area contributed by atoms with Gasteiger partial charge < -0.3 is 14.8 Å². The lowest BCUT2D eigenvalue weighted by Gasteiger charge is -2.48. The van der Waals surface area contributed by atoms with Gasteiger partial charge >= 0.3 is 5.97 Å². The van der Waals surface area contributed by atoms with Crippen molar-refractivity contribution in [1.29, 1.82) is 0 Å². The number of hydrogen-bond donors (Lipinski definition) is 1. The van der Waals surface area contributed by atoms with Crippen LogP contribution in [0.15, 0.2) is 0 Å². The number of carbonyl (C=O) groups is 1. The third-order valence-electron chi connectivity index (χ3n) is 4.00. The molecular weight excluding hydrogens is 232 g/mol. The minimum atomic E-state index is -0.492. The number of rotatable bonds is 2. The van der Waals surface area contributed by atoms with Crippen LogP contribution in [0.4, 0.5) is 0 Å². The Kier molecular flexibility index (Phi) is 4.25. The summed E-state index contributed by atoms with van der Waals surface area (Å²) in [5.41, 5.74) is -0.492. The summed E-state index contributed by atoms with van der Waals surface area (Å²) in [6, 6.07) is 0. The lowest BCUT2D eigenvalue weighted by molar-refractivity contribution is -0.173. The van der Waals surface area contributed by atoms with Crippen molar-refractivity contribution in [3.05, 3.63) is 0 Å². The molecule has 1 N–H and O–H groups in total. The van der Waals surface area contributed by atoms with Gasteiger partial charge in [-0.1, -0.05) is 0 Å². The van der Waals surface area contributed by atoms with Gasteiger partial charge in [-0.2, -0.15) is 0 Å². The molecule has 18 heavy (non-hydrogen) atoms. The highest BCUT2D eigenvalue weighted by Gasteiger charge is 2.50. The normalized spacial score (nSPS) is 38.4. The third-order valence-corrected chi connectivity index (χ3v) is 4.00. The van der Waals surface area contributed by atoms with E-state index >= 15 is 0 Å². The first-order valence-corrected chi connectivity index (χ1v) is 6.78. The topological polar surface area (TPSA) is 50.8 Å². The molecule has 0 radical (unpaired) electrons. The molecule has 0 saturated carbocycles. The average Bonchev–Trinajstić information content (AvgIpc) is 2.37. The van der Waals surface area contributed by atoms with E-state index in [0.29, 0.717) is 0 Å². The molecule has 5 heteroatoms. The second-order valence-corrected chi connectivity index (χ2v) is 5.43. The first-order valence-electron chi connectivity index (χ1n) is 6.78. The standard InChI is InChI=1S/C13H24N2O3/c1-10-8-13(12(16)17-3,9-11(2)18-10)15-6-4-14-5-7-15/h10-11,14H,4-9H2,1-3H3. The van der Waals surface area contributed by atoms with Crippen molar-refractivity contribution in [2.24, 2.45) is 0 Å². The summed E-state index contributed by atoms with van der Waals surface area (Å²) in [5.74, 6) is -0.105. The van der Waals surface area contributed by atoms with Crippen molar-refractivity contribution < 1.29 is 14.3 Å². The molecule has 104 valence electrons. The highest BCUT2D eigenvalue weighted by Crippen LogP contribution is 2.35. The number of hydrogen-bond acceptors (Lipinski definition) is 5. The van der Waals surface area contributed by atoms with Crippen LogP contribution in [0.2, 0.25) is 0 Å². The predicted octanol–water partition coefficient (Wildman–Crippen LogP) is 0.391. The fourth-order valence-electron chi connectivity index (χ4n) is 3.36. The van der Waals surface area contributed by atoms with Gasteiger partial charge in [-0.15, -0.1) is 0 Å². The van der Waals surface area contributed by atoms with Gasteiger partial charge in [0.15, 0.2) is 0 Å². The summed E-state index contributed by atoms with van der Waals surface area (Å²) in [5, 5.41) is 3.33. The lowest BCUT2D eigenvalue weighted by Crippen LogP contribution is -2.64. The van der Waals surface area contributed by atoms with E-state index in [1.807, 2.05) is 13.8 Å². The highest BCUT2D eigenvalue weighted by atomic mass is 16.5. The smallest absolute Gasteiger partial charge is 0.326 e. The maximum absolute atomic E-state index is 12.3. The van der Waals surface area contributed by atoms with Crippen molar-refractivity contribution in [3.8, 4) is 0 Å². The van der Waals surface area contributed by atoms with Crippen LogP contribution >= 0.6 is 0 Å². The van der Waals surface area contributed by atoms with E-state index in [1.165, 1.54) is 7.11 Å². The minimum absolute atomic E-state index is 0.0998. The van der Waals surface area contributed by atoms with Gasteiger partial charge in [0, 0.05) is 39.0 Å². The van der Waals surface area contributed by atoms with E-state index in [9.17, 15) is 4.79 Å². The Morgan fingerprint density at radius 2 is 1.83 bits per heavy atom. The monoisotopic (exact) mass is 256 g/mol. The molecular formula is C13H24N2O3. The molecule has 0 amide bonds. The molecule has 2 fully saturated rings. The Balaban J connectivity index is 2.23. The zero-order chi connectivity index (χ0) is 13.2. The van der Waals surface area contributed by atoms with Crippen LogP contribution < -0.4 is 5.32 Å². The third kappa shape index (κ3) is 2.53. The van der Waals surface area contributed by atoms with Crippen LogP contribution in [-0.4, -0.2) is 61.9 Å². The first-order chi connectivity index (χ1) is 8.58. The Morgan fingerprint density at radius 3 is 2.33 bits per heavy atom. The van der Waals surface area contributed by atoms with Crippen molar-refractivity contribution in [2.45, 2.75) is 44.4 Å². The fourth-order valence-corrected chi connectivity index (χ4v) is 3.36. The largest absolute Gasteiger partial charge is 0.468 e. The second-order valence-electron chi connectivity index (χ2n) is 5.43. The molecule has 2 aliphatic heterocycles. The Bertz CT molecular complexity index is 293. The molecule has 0 spiro atoms. The summed E-state index contributed by atoms with van der Waals surface area (Å²) >= 11 is 0. The van der Waals surface area contributed by atoms with Gasteiger partial charge in [-0.05, 0) is 13.8 Å². The number of ether oxygens (including phenoxy) is 2. The van der Waals surface area contributed by atoms with E-state index in [1.54, 1.807) is 0 Å². The molecule has 0 aromatic heterocycles. The van der Waals surface area contributed by atoms with Crippen LogP contribution in [0.5, 0.6) is 0 Å². The highest BCUT2D eigenvalue weighted by molar-refractivity contribution is 5.81. The zero-order valence-corrected chi connectivity index (χ0v) is 11.6. The molecule has 2 unspecified atom stereocenters. The summed E-state index contributed by atoms with van der Waals surface area (Å²) < 4.78 is 10.9. The molecule has 2 heterocycles. The lowest BCUT2D eigenvalue weighted by atomic mass is 9.82. The van der Waals surface area contributed by atoms with E-state index in [-0.39, 0.29) is 18.2 Å². The zero-order valence-electron chi connectivity index (χ0n) is 11.6. The Labute approximate surface area is 109 Å². The molecule has 0 aliphatic carbocycles. The number of esters is 1. The van der Waals surface area contributed by atoms with E-state index in [2.05, 4.69) is 10.2 Å². The van der Waals surface area contributed by atoms with E-state index < -0.39 is 5.54 Å². The average molecular weight is 256 g/mol. The van der Waals surface area contributed by atoms with E-state index in [4.69, 9.17) is 9.47 Å². The van der Waals surface area contributed by atoms with Crippen LogP contribution in [0, 0.1) is 0 Å². The van der Waals surface area contributed by atoms with Gasteiger partial charge in [0.25, 0.3) is 0 Å². The fraction of sp³-hybridized carbons (Fsp3) is 0.923. The first kappa shape index (κ1) is 13.8. The van der Waals surface area contributed by atoms with Crippen LogP contribution in [0.3, 0.4) is 0 Å². The molecule has 0 aromatic carbocycles. The molecule has 2 atom stereocenters.